The molecular weight excluding hydrogens is 646 g/mol. The van der Waals surface area contributed by atoms with Crippen molar-refractivity contribution < 1.29 is 28.9 Å². The highest BCUT2D eigenvalue weighted by Gasteiger charge is 2.72. The summed E-state index contributed by atoms with van der Waals surface area (Å²) in [6, 6.07) is 25.4. The molecule has 0 aromatic heterocycles. The topological polar surface area (TPSA) is 153 Å². The number of ether oxygens (including phenoxy) is 3. The number of aliphatic hydroxyl groups excluding tert-OH is 1. The number of hydrogen-bond donors (Lipinski definition) is 4. The number of nitrogens with two attached hydrogens (primary N) is 2. The molecule has 51 heavy (non-hydrogen) atoms. The minimum Gasteiger partial charge on any atom is -0.444 e. The van der Waals surface area contributed by atoms with Crippen molar-refractivity contribution in [1.29, 1.82) is 0 Å². The zero-order valence-electron chi connectivity index (χ0n) is 30.4. The minimum atomic E-state index is -0.900. The number of fused-ring (bicyclic) bond motifs is 2. The van der Waals surface area contributed by atoms with E-state index in [0.717, 1.165) is 23.1 Å². The smallest absolute Gasteiger partial charge is 0.412 e. The first-order valence-corrected chi connectivity index (χ1v) is 18.0. The van der Waals surface area contributed by atoms with E-state index in [4.69, 9.17) is 25.7 Å². The Morgan fingerprint density at radius 1 is 1.00 bits per heavy atom. The molecule has 1 saturated carbocycles. The predicted molar refractivity (Wildman–Crippen MR) is 196 cm³/mol. The van der Waals surface area contributed by atoms with Crippen LogP contribution in [0.5, 0.6) is 0 Å². The van der Waals surface area contributed by atoms with Gasteiger partial charge in [0.15, 0.2) is 5.79 Å². The molecule has 2 aliphatic heterocycles. The Morgan fingerprint density at radius 2 is 1.69 bits per heavy atom. The van der Waals surface area contributed by atoms with Gasteiger partial charge in [-0.05, 0) is 89.1 Å². The standard InChI is InChI=1S/C40H53N5O6/c1-38(2,3)51-36(47)43-31-19-18-27(22-29(31)35(41)42)25-44-32(23-26-14-8-6-9-15-26)33-34(50-39(4,5)49-33)40(45(37(44)48)20-12-13-21-46)24-30(40)28-16-10-7-11-17-28/h6-11,14-19,22,30,32-35,46H,12-13,20-21,23-25,41-42H2,1-5H3,(H,43,47)/t30-,32-,33+,34-,40+/m1/s1. The molecule has 3 aromatic rings. The minimum absolute atomic E-state index is 0.0436. The molecule has 0 unspecified atom stereocenters. The SMILES string of the molecule is CC(C)(C)OC(=O)Nc1ccc(CN2C(=O)N(CCCCO)[C@]3(C[C@@H]3c3ccccc3)[C@@H]3OC(C)(C)O[C@H]3[C@H]2Cc2ccccc2)cc1C(N)N. The van der Waals surface area contributed by atoms with Gasteiger partial charge in [0.25, 0.3) is 0 Å². The fourth-order valence-corrected chi connectivity index (χ4v) is 7.90. The van der Waals surface area contributed by atoms with Crippen LogP contribution in [0.3, 0.4) is 0 Å². The normalized spacial score (nSPS) is 25.5. The Kier molecular flexibility index (Phi) is 10.5. The molecule has 3 amide bonds. The highest BCUT2D eigenvalue weighted by atomic mass is 16.8. The van der Waals surface area contributed by atoms with Crippen molar-refractivity contribution in [2.45, 2.75) is 114 Å². The summed E-state index contributed by atoms with van der Waals surface area (Å²) in [6.07, 6.45) is 0.148. The number of aliphatic hydroxyl groups is 1. The summed E-state index contributed by atoms with van der Waals surface area (Å²) in [6.45, 7) is 10.0. The van der Waals surface area contributed by atoms with Crippen LogP contribution < -0.4 is 16.8 Å². The van der Waals surface area contributed by atoms with E-state index < -0.39 is 47.4 Å². The molecule has 5 atom stereocenters. The predicted octanol–water partition coefficient (Wildman–Crippen LogP) is 6.02. The zero-order chi connectivity index (χ0) is 36.6. The number of carbonyl (C=O) groups excluding carboxylic acids is 2. The van der Waals surface area contributed by atoms with Crippen LogP contribution in [0.2, 0.25) is 0 Å². The van der Waals surface area contributed by atoms with Gasteiger partial charge >= 0.3 is 12.1 Å². The summed E-state index contributed by atoms with van der Waals surface area (Å²) < 4.78 is 19.2. The third-order valence-electron chi connectivity index (χ3n) is 10.1. The van der Waals surface area contributed by atoms with E-state index in [1.165, 1.54) is 0 Å². The fraction of sp³-hybridized carbons (Fsp3) is 0.500. The van der Waals surface area contributed by atoms with Crippen LogP contribution >= 0.6 is 0 Å². The van der Waals surface area contributed by atoms with Crippen LogP contribution in [0.1, 0.15) is 88.2 Å². The van der Waals surface area contributed by atoms with E-state index in [9.17, 15) is 9.90 Å². The van der Waals surface area contributed by atoms with Gasteiger partial charge in [0, 0.05) is 31.2 Å². The number of rotatable bonds is 11. The summed E-state index contributed by atoms with van der Waals surface area (Å²) in [4.78, 5) is 31.9. The van der Waals surface area contributed by atoms with Crippen LogP contribution in [0, 0.1) is 0 Å². The summed E-state index contributed by atoms with van der Waals surface area (Å²) in [5.74, 6) is -0.822. The van der Waals surface area contributed by atoms with Gasteiger partial charge < -0.3 is 40.6 Å². The van der Waals surface area contributed by atoms with Gasteiger partial charge in [-0.25, -0.2) is 9.59 Å². The molecule has 6 rings (SSSR count). The monoisotopic (exact) mass is 699 g/mol. The molecular formula is C40H53N5O6. The van der Waals surface area contributed by atoms with Crippen LogP contribution in [0.25, 0.3) is 0 Å². The number of urea groups is 1. The molecule has 2 heterocycles. The van der Waals surface area contributed by atoms with E-state index >= 15 is 4.79 Å². The molecule has 3 aromatic carbocycles. The van der Waals surface area contributed by atoms with Gasteiger partial charge in [0.1, 0.15) is 17.8 Å². The van der Waals surface area contributed by atoms with Gasteiger partial charge in [-0.3, -0.25) is 5.32 Å². The third kappa shape index (κ3) is 7.93. The van der Waals surface area contributed by atoms with Crippen molar-refractivity contribution in [3.05, 3.63) is 101 Å². The van der Waals surface area contributed by atoms with E-state index in [1.807, 2.05) is 72.2 Å². The maximum atomic E-state index is 15.3. The van der Waals surface area contributed by atoms with Crippen molar-refractivity contribution in [3.8, 4) is 0 Å². The number of hydrogen-bond acceptors (Lipinski definition) is 8. The van der Waals surface area contributed by atoms with E-state index in [-0.39, 0.29) is 25.1 Å². The largest absolute Gasteiger partial charge is 0.444 e. The third-order valence-corrected chi connectivity index (χ3v) is 10.1. The first kappa shape index (κ1) is 36.8. The van der Waals surface area contributed by atoms with Crippen molar-refractivity contribution >= 4 is 17.8 Å². The van der Waals surface area contributed by atoms with Crippen LogP contribution in [0.15, 0.2) is 78.9 Å². The Balaban J connectivity index is 1.43. The molecule has 0 bridgehead atoms. The quantitative estimate of drug-likeness (QED) is 0.140. The second-order valence-corrected chi connectivity index (χ2v) is 15.5. The Labute approximate surface area is 301 Å². The van der Waals surface area contributed by atoms with Crippen molar-refractivity contribution in [2.24, 2.45) is 11.5 Å². The summed E-state index contributed by atoms with van der Waals surface area (Å²) in [5.41, 5.74) is 15.2. The van der Waals surface area contributed by atoms with Crippen molar-refractivity contribution in [2.75, 3.05) is 18.5 Å². The van der Waals surface area contributed by atoms with Crippen LogP contribution in [-0.2, 0) is 27.2 Å². The molecule has 11 nitrogen and oxygen atoms in total. The number of amides is 3. The molecule has 3 aliphatic rings. The summed E-state index contributed by atoms with van der Waals surface area (Å²) in [5, 5.41) is 12.5. The van der Waals surface area contributed by atoms with E-state index in [1.54, 1.807) is 26.8 Å². The number of nitrogens with one attached hydrogen (secondary N) is 1. The number of nitrogens with zero attached hydrogens (tertiary/aromatic N) is 2. The average Bonchev–Trinajstić information content (AvgIpc) is 3.74. The Morgan fingerprint density at radius 3 is 2.33 bits per heavy atom. The fourth-order valence-electron chi connectivity index (χ4n) is 7.90. The molecule has 3 fully saturated rings. The summed E-state index contributed by atoms with van der Waals surface area (Å²) in [7, 11) is 0. The van der Waals surface area contributed by atoms with Crippen molar-refractivity contribution in [3.63, 3.8) is 0 Å². The first-order chi connectivity index (χ1) is 24.2. The average molecular weight is 700 g/mol. The van der Waals surface area contributed by atoms with E-state index in [0.29, 0.717) is 37.1 Å². The lowest BCUT2D eigenvalue weighted by atomic mass is 9.90. The molecule has 0 radical (unpaired) electrons. The van der Waals surface area contributed by atoms with Gasteiger partial charge in [0.2, 0.25) is 0 Å². The molecule has 1 spiro atoms. The molecule has 1 aliphatic carbocycles. The summed E-state index contributed by atoms with van der Waals surface area (Å²) >= 11 is 0. The highest BCUT2D eigenvalue weighted by molar-refractivity contribution is 5.86. The molecule has 274 valence electrons. The second kappa shape index (κ2) is 14.6. The lowest BCUT2D eigenvalue weighted by molar-refractivity contribution is -0.159. The lowest BCUT2D eigenvalue weighted by Crippen LogP contribution is -2.53. The first-order valence-electron chi connectivity index (χ1n) is 18.0. The number of unbranched alkanes of at least 4 members (excludes halogenated alkanes) is 1. The molecule has 11 heteroatoms. The molecule has 2 saturated heterocycles. The van der Waals surface area contributed by atoms with Crippen LogP contribution in [0.4, 0.5) is 15.3 Å². The number of benzene rings is 3. The van der Waals surface area contributed by atoms with Gasteiger partial charge in [0.05, 0.1) is 23.4 Å². The van der Waals surface area contributed by atoms with E-state index in [2.05, 4.69) is 29.6 Å². The van der Waals surface area contributed by atoms with Gasteiger partial charge in [-0.15, -0.1) is 0 Å². The lowest BCUT2D eigenvalue weighted by Gasteiger charge is -2.38. The second-order valence-electron chi connectivity index (χ2n) is 15.5. The maximum absolute atomic E-state index is 15.3. The van der Waals surface area contributed by atoms with Gasteiger partial charge in [-0.1, -0.05) is 66.7 Å². The number of carbonyl (C=O) groups is 2. The number of anilines is 1. The van der Waals surface area contributed by atoms with Crippen LogP contribution in [-0.4, -0.2) is 75.4 Å². The van der Waals surface area contributed by atoms with Gasteiger partial charge in [-0.2, -0.15) is 0 Å². The Hall–Kier alpha value is -4.00. The Bertz CT molecular complexity index is 1680. The molecule has 6 N–H and O–H groups in total. The van der Waals surface area contributed by atoms with Crippen molar-refractivity contribution in [1.82, 2.24) is 9.80 Å². The highest BCUT2D eigenvalue weighted by Crippen LogP contribution is 2.63. The zero-order valence-corrected chi connectivity index (χ0v) is 30.4. The maximum Gasteiger partial charge on any atom is 0.412 e.